The minimum absolute atomic E-state index is 0.0446. The molecule has 0 heterocycles. The normalized spacial score (nSPS) is 11.7. The molecule has 0 aliphatic heterocycles. The number of nitrogens with zero attached hydrogens (tertiary/aromatic N) is 1. The molecule has 0 aromatic heterocycles. The maximum Gasteiger partial charge on any atom is 0.261 e. The van der Waals surface area contributed by atoms with Crippen molar-refractivity contribution in [1.82, 2.24) is 10.2 Å². The predicted molar refractivity (Wildman–Crippen MR) is 139 cm³/mol. The molecule has 3 aromatic carbocycles. The van der Waals surface area contributed by atoms with Gasteiger partial charge in [0.25, 0.3) is 5.91 Å². The molecule has 1 N–H and O–H groups in total. The number of rotatable bonds is 10. The molecule has 0 unspecified atom stereocenters. The monoisotopic (exact) mass is 522 g/mol. The zero-order chi connectivity index (χ0) is 24.5. The predicted octanol–water partition coefficient (Wildman–Crippen LogP) is 5.30. The van der Waals surface area contributed by atoms with E-state index in [4.69, 9.17) is 4.74 Å². The average molecular weight is 523 g/mol. The molecule has 0 radical (unpaired) electrons. The van der Waals surface area contributed by atoms with Crippen LogP contribution in [0.25, 0.3) is 0 Å². The minimum Gasteiger partial charge on any atom is -0.484 e. The van der Waals surface area contributed by atoms with Gasteiger partial charge in [0.05, 0.1) is 0 Å². The molecule has 6 heteroatoms. The molecule has 0 aliphatic carbocycles. The van der Waals surface area contributed by atoms with E-state index in [1.54, 1.807) is 4.90 Å². The van der Waals surface area contributed by atoms with Crippen molar-refractivity contribution in [2.75, 3.05) is 6.61 Å². The van der Waals surface area contributed by atoms with Gasteiger partial charge in [-0.2, -0.15) is 0 Å². The second-order valence-electron chi connectivity index (χ2n) is 8.57. The molecule has 2 amide bonds. The summed E-state index contributed by atoms with van der Waals surface area (Å²) in [6, 6.07) is 24.4. The lowest BCUT2D eigenvalue weighted by atomic mass is 10.0. The fraction of sp³-hybridized carbons (Fsp3) is 0.286. The Balaban J connectivity index is 1.92. The summed E-state index contributed by atoms with van der Waals surface area (Å²) in [7, 11) is 0. The molecule has 0 bridgehead atoms. The Morgan fingerprint density at radius 3 is 2.29 bits per heavy atom. The van der Waals surface area contributed by atoms with Gasteiger partial charge in [-0.3, -0.25) is 9.59 Å². The van der Waals surface area contributed by atoms with Crippen LogP contribution in [-0.2, 0) is 22.6 Å². The van der Waals surface area contributed by atoms with Gasteiger partial charge in [-0.05, 0) is 55.7 Å². The minimum atomic E-state index is -0.684. The second kappa shape index (κ2) is 12.4. The Morgan fingerprint density at radius 2 is 1.62 bits per heavy atom. The number of hydrogen-bond donors (Lipinski definition) is 1. The number of para-hydroxylation sites is 1. The highest BCUT2D eigenvalue weighted by Gasteiger charge is 2.31. The summed E-state index contributed by atoms with van der Waals surface area (Å²) in [4.78, 5) is 28.5. The van der Waals surface area contributed by atoms with E-state index in [-0.39, 0.29) is 24.5 Å². The Bertz CT molecular complexity index is 1100. The van der Waals surface area contributed by atoms with Crippen LogP contribution < -0.4 is 10.1 Å². The second-order valence-corrected chi connectivity index (χ2v) is 9.49. The molecule has 1 atom stereocenters. The largest absolute Gasteiger partial charge is 0.484 e. The number of halogens is 1. The third-order valence-corrected chi connectivity index (χ3v) is 5.88. The number of hydrogen-bond acceptors (Lipinski definition) is 3. The highest BCUT2D eigenvalue weighted by Crippen LogP contribution is 2.20. The van der Waals surface area contributed by atoms with Gasteiger partial charge < -0.3 is 15.0 Å². The van der Waals surface area contributed by atoms with Crippen molar-refractivity contribution in [3.05, 3.63) is 100 Å². The molecule has 3 rings (SSSR count). The topological polar surface area (TPSA) is 58.6 Å². The fourth-order valence-corrected chi connectivity index (χ4v) is 4.15. The Kier molecular flexibility index (Phi) is 9.28. The van der Waals surface area contributed by atoms with Gasteiger partial charge in [0.15, 0.2) is 6.61 Å². The molecule has 3 aromatic rings. The lowest BCUT2D eigenvalue weighted by Crippen LogP contribution is -2.52. The standard InChI is InChI=1S/C28H31BrN2O3/c1-20(2)30-28(33)25(17-22-11-5-4-6-12-22)31(18-23-13-9-14-24(29)16-23)27(32)19-34-26-15-8-7-10-21(26)3/h4-16,20,25H,17-19H2,1-3H3,(H,30,33)/t25-/m1/s1. The SMILES string of the molecule is Cc1ccccc1OCC(=O)N(Cc1cccc(Br)c1)[C@H](Cc1ccccc1)C(=O)NC(C)C. The van der Waals surface area contributed by atoms with Crippen molar-refractivity contribution in [3.8, 4) is 5.75 Å². The molecule has 0 aliphatic rings. The van der Waals surface area contributed by atoms with E-state index in [2.05, 4.69) is 21.2 Å². The van der Waals surface area contributed by atoms with Crippen LogP contribution in [0.4, 0.5) is 0 Å². The van der Waals surface area contributed by atoms with Crippen LogP contribution in [-0.4, -0.2) is 35.4 Å². The van der Waals surface area contributed by atoms with Gasteiger partial charge in [0, 0.05) is 23.5 Å². The van der Waals surface area contributed by atoms with Crippen molar-refractivity contribution < 1.29 is 14.3 Å². The van der Waals surface area contributed by atoms with Crippen LogP contribution in [0.15, 0.2) is 83.3 Å². The Labute approximate surface area is 210 Å². The zero-order valence-corrected chi connectivity index (χ0v) is 21.4. The van der Waals surface area contributed by atoms with E-state index in [1.807, 2.05) is 99.6 Å². The number of carbonyl (C=O) groups excluding carboxylic acids is 2. The fourth-order valence-electron chi connectivity index (χ4n) is 3.71. The third kappa shape index (κ3) is 7.45. The van der Waals surface area contributed by atoms with E-state index >= 15 is 0 Å². The molecular formula is C28H31BrN2O3. The van der Waals surface area contributed by atoms with E-state index in [0.29, 0.717) is 18.7 Å². The number of carbonyl (C=O) groups is 2. The van der Waals surface area contributed by atoms with Crippen LogP contribution in [0.5, 0.6) is 5.75 Å². The van der Waals surface area contributed by atoms with Crippen molar-refractivity contribution in [2.24, 2.45) is 0 Å². The number of nitrogens with one attached hydrogen (secondary N) is 1. The number of aryl methyl sites for hydroxylation is 1. The summed E-state index contributed by atoms with van der Waals surface area (Å²) in [5, 5.41) is 3.00. The summed E-state index contributed by atoms with van der Waals surface area (Å²) in [5.74, 6) is 0.227. The van der Waals surface area contributed by atoms with Crippen LogP contribution in [0.2, 0.25) is 0 Å². The molecule has 178 valence electrons. The first-order valence-electron chi connectivity index (χ1n) is 11.4. The maximum absolute atomic E-state index is 13.5. The highest BCUT2D eigenvalue weighted by molar-refractivity contribution is 9.10. The van der Waals surface area contributed by atoms with E-state index < -0.39 is 6.04 Å². The van der Waals surface area contributed by atoms with Gasteiger partial charge in [0.2, 0.25) is 5.91 Å². The Hall–Kier alpha value is -3.12. The van der Waals surface area contributed by atoms with Gasteiger partial charge in [-0.25, -0.2) is 0 Å². The molecule has 0 spiro atoms. The Morgan fingerprint density at radius 1 is 0.941 bits per heavy atom. The lowest BCUT2D eigenvalue weighted by Gasteiger charge is -2.32. The van der Waals surface area contributed by atoms with E-state index in [1.165, 1.54) is 0 Å². The lowest BCUT2D eigenvalue weighted by molar-refractivity contribution is -0.143. The molecule has 0 fully saturated rings. The van der Waals surface area contributed by atoms with Crippen LogP contribution in [0, 0.1) is 6.92 Å². The highest BCUT2D eigenvalue weighted by atomic mass is 79.9. The number of ether oxygens (including phenoxy) is 1. The van der Waals surface area contributed by atoms with Crippen molar-refractivity contribution in [2.45, 2.75) is 45.8 Å². The zero-order valence-electron chi connectivity index (χ0n) is 19.8. The first kappa shape index (κ1) is 25.5. The quantitative estimate of drug-likeness (QED) is 0.393. The summed E-state index contributed by atoms with van der Waals surface area (Å²) < 4.78 is 6.79. The summed E-state index contributed by atoms with van der Waals surface area (Å²) >= 11 is 3.50. The molecule has 5 nitrogen and oxygen atoms in total. The number of benzene rings is 3. The summed E-state index contributed by atoms with van der Waals surface area (Å²) in [6.07, 6.45) is 0.406. The van der Waals surface area contributed by atoms with E-state index in [9.17, 15) is 9.59 Å². The molecular weight excluding hydrogens is 492 g/mol. The molecule has 0 saturated heterocycles. The first-order valence-corrected chi connectivity index (χ1v) is 12.2. The summed E-state index contributed by atoms with van der Waals surface area (Å²) in [6.45, 7) is 5.91. The van der Waals surface area contributed by atoms with Gasteiger partial charge >= 0.3 is 0 Å². The molecule has 0 saturated carbocycles. The van der Waals surface area contributed by atoms with Crippen molar-refractivity contribution >= 4 is 27.7 Å². The van der Waals surface area contributed by atoms with Gasteiger partial charge in [-0.1, -0.05) is 76.6 Å². The van der Waals surface area contributed by atoms with Crippen molar-refractivity contribution in [3.63, 3.8) is 0 Å². The average Bonchev–Trinajstić information content (AvgIpc) is 2.81. The maximum atomic E-state index is 13.5. The van der Waals surface area contributed by atoms with Gasteiger partial charge in [0.1, 0.15) is 11.8 Å². The summed E-state index contributed by atoms with van der Waals surface area (Å²) in [5.41, 5.74) is 2.86. The number of amides is 2. The smallest absolute Gasteiger partial charge is 0.261 e. The van der Waals surface area contributed by atoms with Crippen LogP contribution in [0.3, 0.4) is 0 Å². The first-order chi connectivity index (χ1) is 16.3. The van der Waals surface area contributed by atoms with Gasteiger partial charge in [-0.15, -0.1) is 0 Å². The van der Waals surface area contributed by atoms with Crippen molar-refractivity contribution in [1.29, 1.82) is 0 Å². The third-order valence-electron chi connectivity index (χ3n) is 5.39. The van der Waals surface area contributed by atoms with E-state index in [0.717, 1.165) is 21.2 Å². The molecule has 34 heavy (non-hydrogen) atoms. The van der Waals surface area contributed by atoms with Crippen LogP contribution in [0.1, 0.15) is 30.5 Å². The van der Waals surface area contributed by atoms with Crippen LogP contribution >= 0.6 is 15.9 Å².